The molecule has 25 heavy (non-hydrogen) atoms. The highest BCUT2D eigenvalue weighted by atomic mass is 79.9. The third-order valence-corrected chi connectivity index (χ3v) is 6.71. The Bertz CT molecular complexity index is 635. The fraction of sp³-hybridized carbons (Fsp3) is 0.600. The Kier molecular flexibility index (Phi) is 4.61. The fourth-order valence-corrected chi connectivity index (χ4v) is 6.00. The molecule has 0 unspecified atom stereocenters. The number of ether oxygens (including phenoxy) is 1. The summed E-state index contributed by atoms with van der Waals surface area (Å²) >= 11 is 3.35. The molecule has 1 amide bonds. The van der Waals surface area contributed by atoms with Crippen molar-refractivity contribution >= 4 is 33.5 Å². The van der Waals surface area contributed by atoms with Crippen molar-refractivity contribution in [2.24, 2.45) is 23.2 Å². The maximum atomic E-state index is 12.3. The largest absolute Gasteiger partial charge is 0.456 e. The van der Waals surface area contributed by atoms with E-state index in [1.54, 1.807) is 12.1 Å². The Morgan fingerprint density at radius 1 is 1.04 bits per heavy atom. The van der Waals surface area contributed by atoms with Gasteiger partial charge in [-0.05, 0) is 86.0 Å². The summed E-state index contributed by atoms with van der Waals surface area (Å²) in [6.45, 7) is -0.207. The average molecular weight is 406 g/mol. The number of hydrogen-bond donors (Lipinski definition) is 1. The smallest absolute Gasteiger partial charge is 0.306 e. The molecule has 0 radical (unpaired) electrons. The Morgan fingerprint density at radius 3 is 2.16 bits per heavy atom. The standard InChI is InChI=1S/C20H24BrNO3/c21-16-1-3-17(4-2-16)22-18(23)12-25-19(24)11-20-8-13-5-14(9-20)7-15(6-13)10-20/h1-4,13-15H,5-12H2,(H,22,23). The van der Waals surface area contributed by atoms with Gasteiger partial charge in [0.25, 0.3) is 5.91 Å². The minimum absolute atomic E-state index is 0.161. The highest BCUT2D eigenvalue weighted by molar-refractivity contribution is 9.10. The second-order valence-corrected chi connectivity index (χ2v) is 9.23. The number of anilines is 1. The van der Waals surface area contributed by atoms with E-state index in [4.69, 9.17) is 4.74 Å². The second kappa shape index (κ2) is 6.75. The van der Waals surface area contributed by atoms with Crippen molar-refractivity contribution in [2.45, 2.75) is 44.9 Å². The van der Waals surface area contributed by atoms with Gasteiger partial charge in [0, 0.05) is 10.2 Å². The van der Waals surface area contributed by atoms with Crippen LogP contribution in [0.1, 0.15) is 44.9 Å². The van der Waals surface area contributed by atoms with Gasteiger partial charge in [0.1, 0.15) is 0 Å². The normalized spacial score (nSPS) is 32.4. The zero-order chi connectivity index (χ0) is 17.4. The lowest BCUT2D eigenvalue weighted by Crippen LogP contribution is -2.47. The summed E-state index contributed by atoms with van der Waals surface area (Å²) in [4.78, 5) is 24.3. The van der Waals surface area contributed by atoms with E-state index in [1.807, 2.05) is 12.1 Å². The molecule has 0 atom stereocenters. The minimum atomic E-state index is -0.291. The van der Waals surface area contributed by atoms with Crippen LogP contribution in [0.25, 0.3) is 0 Å². The second-order valence-electron chi connectivity index (χ2n) is 8.31. The van der Waals surface area contributed by atoms with Crippen molar-refractivity contribution in [2.75, 3.05) is 11.9 Å². The zero-order valence-corrected chi connectivity index (χ0v) is 15.9. The summed E-state index contributed by atoms with van der Waals surface area (Å²) in [6, 6.07) is 7.32. The summed E-state index contributed by atoms with van der Waals surface area (Å²) < 4.78 is 6.23. The number of carbonyl (C=O) groups is 2. The highest BCUT2D eigenvalue weighted by Gasteiger charge is 2.51. The lowest BCUT2D eigenvalue weighted by atomic mass is 9.49. The first-order valence-corrected chi connectivity index (χ1v) is 10.00. The van der Waals surface area contributed by atoms with E-state index in [0.29, 0.717) is 12.1 Å². The third-order valence-electron chi connectivity index (χ3n) is 6.18. The maximum Gasteiger partial charge on any atom is 0.306 e. The summed E-state index contributed by atoms with van der Waals surface area (Å²) in [5, 5.41) is 2.75. The third kappa shape index (κ3) is 3.91. The van der Waals surface area contributed by atoms with Gasteiger partial charge in [0.15, 0.2) is 6.61 Å². The van der Waals surface area contributed by atoms with Gasteiger partial charge in [-0.15, -0.1) is 0 Å². The average Bonchev–Trinajstić information content (AvgIpc) is 2.53. The molecule has 134 valence electrons. The SMILES string of the molecule is O=C(COC(=O)CC12CC3CC(CC(C3)C1)C2)Nc1ccc(Br)cc1. The first-order chi connectivity index (χ1) is 12.0. The van der Waals surface area contributed by atoms with E-state index in [-0.39, 0.29) is 23.9 Å². The van der Waals surface area contributed by atoms with Gasteiger partial charge in [0.2, 0.25) is 0 Å². The van der Waals surface area contributed by atoms with Crippen LogP contribution in [-0.4, -0.2) is 18.5 Å². The van der Waals surface area contributed by atoms with E-state index in [2.05, 4.69) is 21.2 Å². The van der Waals surface area contributed by atoms with E-state index < -0.39 is 0 Å². The molecule has 4 aliphatic carbocycles. The lowest BCUT2D eigenvalue weighted by molar-refractivity contribution is -0.154. The van der Waals surface area contributed by atoms with Gasteiger partial charge in [-0.25, -0.2) is 0 Å². The molecule has 0 spiro atoms. The predicted octanol–water partition coefficient (Wildman–Crippen LogP) is 4.54. The molecule has 1 N–H and O–H groups in total. The van der Waals surface area contributed by atoms with Gasteiger partial charge >= 0.3 is 5.97 Å². The number of carbonyl (C=O) groups excluding carboxylic acids is 2. The van der Waals surface area contributed by atoms with E-state index in [0.717, 1.165) is 22.2 Å². The molecule has 4 nitrogen and oxygen atoms in total. The van der Waals surface area contributed by atoms with Crippen molar-refractivity contribution in [1.82, 2.24) is 0 Å². The number of rotatable bonds is 5. The summed E-state index contributed by atoms with van der Waals surface area (Å²) in [5.74, 6) is 1.95. The van der Waals surface area contributed by atoms with Gasteiger partial charge in [-0.1, -0.05) is 15.9 Å². The molecule has 1 aromatic rings. The molecule has 4 aliphatic rings. The molecule has 0 aliphatic heterocycles. The molecule has 0 aromatic heterocycles. The van der Waals surface area contributed by atoms with Crippen LogP contribution in [-0.2, 0) is 14.3 Å². The van der Waals surface area contributed by atoms with Gasteiger partial charge < -0.3 is 10.1 Å². The van der Waals surface area contributed by atoms with Gasteiger partial charge in [-0.2, -0.15) is 0 Å². The summed E-state index contributed by atoms with van der Waals surface area (Å²) in [5.41, 5.74) is 0.860. The molecule has 5 heteroatoms. The topological polar surface area (TPSA) is 55.4 Å². The van der Waals surface area contributed by atoms with Crippen LogP contribution in [0.15, 0.2) is 28.7 Å². The van der Waals surface area contributed by atoms with Crippen molar-refractivity contribution < 1.29 is 14.3 Å². The Morgan fingerprint density at radius 2 is 1.60 bits per heavy atom. The predicted molar refractivity (Wildman–Crippen MR) is 99.0 cm³/mol. The van der Waals surface area contributed by atoms with Crippen molar-refractivity contribution in [3.05, 3.63) is 28.7 Å². The Balaban J connectivity index is 1.26. The van der Waals surface area contributed by atoms with Crippen LogP contribution >= 0.6 is 15.9 Å². The Labute approximate surface area is 156 Å². The molecule has 4 saturated carbocycles. The molecule has 1 aromatic carbocycles. The molecule has 0 saturated heterocycles. The molecule has 0 heterocycles. The van der Waals surface area contributed by atoms with E-state index >= 15 is 0 Å². The van der Waals surface area contributed by atoms with Gasteiger partial charge in [-0.3, -0.25) is 9.59 Å². The van der Waals surface area contributed by atoms with E-state index in [9.17, 15) is 9.59 Å². The first-order valence-electron chi connectivity index (χ1n) is 9.21. The summed E-state index contributed by atoms with van der Waals surface area (Å²) in [7, 11) is 0. The number of benzene rings is 1. The van der Waals surface area contributed by atoms with Gasteiger partial charge in [0.05, 0.1) is 6.42 Å². The number of amides is 1. The number of nitrogens with one attached hydrogen (secondary N) is 1. The highest BCUT2D eigenvalue weighted by Crippen LogP contribution is 2.61. The minimum Gasteiger partial charge on any atom is -0.456 e. The van der Waals surface area contributed by atoms with Crippen LogP contribution in [0.4, 0.5) is 5.69 Å². The van der Waals surface area contributed by atoms with Crippen molar-refractivity contribution in [3.8, 4) is 0 Å². The van der Waals surface area contributed by atoms with Crippen LogP contribution < -0.4 is 5.32 Å². The molecule has 4 fully saturated rings. The van der Waals surface area contributed by atoms with Crippen LogP contribution in [0.3, 0.4) is 0 Å². The van der Waals surface area contributed by atoms with Crippen LogP contribution in [0.2, 0.25) is 0 Å². The van der Waals surface area contributed by atoms with Crippen molar-refractivity contribution in [3.63, 3.8) is 0 Å². The van der Waals surface area contributed by atoms with Crippen molar-refractivity contribution in [1.29, 1.82) is 0 Å². The number of esters is 1. The first kappa shape index (κ1) is 17.1. The maximum absolute atomic E-state index is 12.3. The lowest BCUT2D eigenvalue weighted by Gasteiger charge is -2.56. The molecular weight excluding hydrogens is 382 g/mol. The van der Waals surface area contributed by atoms with Crippen LogP contribution in [0, 0.1) is 23.2 Å². The number of hydrogen-bond acceptors (Lipinski definition) is 3. The molecule has 4 bridgehead atoms. The quantitative estimate of drug-likeness (QED) is 0.731. The van der Waals surface area contributed by atoms with Crippen LogP contribution in [0.5, 0.6) is 0 Å². The summed E-state index contributed by atoms with van der Waals surface area (Å²) in [6.07, 6.45) is 8.12. The fourth-order valence-electron chi connectivity index (χ4n) is 5.74. The monoisotopic (exact) mass is 405 g/mol. The molecular formula is C20H24BrNO3. The molecule has 5 rings (SSSR count). The Hall–Kier alpha value is -1.36. The number of halogens is 1. The zero-order valence-electron chi connectivity index (χ0n) is 14.3. The van der Waals surface area contributed by atoms with E-state index in [1.165, 1.54) is 38.5 Å².